The summed E-state index contributed by atoms with van der Waals surface area (Å²) in [6.07, 6.45) is 6.39. The Morgan fingerprint density at radius 2 is 2.12 bits per heavy atom. The van der Waals surface area contributed by atoms with Crippen molar-refractivity contribution in [2.24, 2.45) is 5.92 Å². The number of amides is 1. The number of nitro groups is 1. The fraction of sp³-hybridized carbons (Fsp3) is 0.389. The number of nitrogens with one attached hydrogen (secondary N) is 1. The zero-order valence-electron chi connectivity index (χ0n) is 13.9. The topological polar surface area (TPSA) is 72.2 Å². The summed E-state index contributed by atoms with van der Waals surface area (Å²) in [4.78, 5) is 25.7. The standard InChI is InChI=1S/C18H20N2O3S2/c1-24-13-8-9-15(20(22)23)14(11-13)18(21)19-17(12-5-2-3-6-12)16-7-4-10-25-16/h4,7-12,17H,2-3,5-6H2,1H3,(H,19,21). The fourth-order valence-corrected chi connectivity index (χ4v) is 4.69. The van der Waals surface area contributed by atoms with E-state index in [0.29, 0.717) is 5.92 Å². The molecule has 0 spiro atoms. The number of rotatable bonds is 6. The molecule has 0 aliphatic heterocycles. The molecule has 5 nitrogen and oxygen atoms in total. The normalized spacial score (nSPS) is 15.9. The summed E-state index contributed by atoms with van der Waals surface area (Å²) >= 11 is 3.08. The summed E-state index contributed by atoms with van der Waals surface area (Å²) in [7, 11) is 0. The van der Waals surface area contributed by atoms with Crippen molar-refractivity contribution in [3.63, 3.8) is 0 Å². The maximum atomic E-state index is 12.9. The second-order valence-corrected chi connectivity index (χ2v) is 8.01. The average Bonchev–Trinajstić information content (AvgIpc) is 3.32. The Kier molecular flexibility index (Phi) is 5.75. The molecule has 7 heteroatoms. The molecule has 1 fully saturated rings. The van der Waals surface area contributed by atoms with Crippen molar-refractivity contribution in [1.82, 2.24) is 5.32 Å². The molecule has 1 atom stereocenters. The number of thiophene rings is 1. The molecule has 25 heavy (non-hydrogen) atoms. The van der Waals surface area contributed by atoms with Crippen LogP contribution in [-0.4, -0.2) is 17.1 Å². The van der Waals surface area contributed by atoms with Crippen molar-refractivity contribution >= 4 is 34.7 Å². The van der Waals surface area contributed by atoms with Crippen molar-refractivity contribution in [2.45, 2.75) is 36.6 Å². The molecule has 1 aliphatic carbocycles. The maximum Gasteiger partial charge on any atom is 0.282 e. The van der Waals surface area contributed by atoms with Crippen LogP contribution in [0, 0.1) is 16.0 Å². The van der Waals surface area contributed by atoms with Gasteiger partial charge in [-0.25, -0.2) is 0 Å². The van der Waals surface area contributed by atoms with Crippen LogP contribution in [0.1, 0.15) is 47.0 Å². The number of benzene rings is 1. The molecule has 0 radical (unpaired) electrons. The van der Waals surface area contributed by atoms with Gasteiger partial charge in [-0.2, -0.15) is 0 Å². The summed E-state index contributed by atoms with van der Waals surface area (Å²) in [5.41, 5.74) is -0.0111. The number of carbonyl (C=O) groups is 1. The van der Waals surface area contributed by atoms with Crippen molar-refractivity contribution in [3.8, 4) is 0 Å². The van der Waals surface area contributed by atoms with Gasteiger partial charge in [0, 0.05) is 15.8 Å². The van der Waals surface area contributed by atoms with Gasteiger partial charge in [-0.05, 0) is 48.6 Å². The van der Waals surface area contributed by atoms with Gasteiger partial charge in [0.25, 0.3) is 11.6 Å². The predicted octanol–water partition coefficient (Wildman–Crippen LogP) is 5.04. The number of nitrogens with zero attached hydrogens (tertiary/aromatic N) is 1. The van der Waals surface area contributed by atoms with E-state index in [2.05, 4.69) is 5.32 Å². The Morgan fingerprint density at radius 1 is 1.36 bits per heavy atom. The molecule has 1 amide bonds. The zero-order valence-corrected chi connectivity index (χ0v) is 15.6. The minimum Gasteiger partial charge on any atom is -0.344 e. The first-order chi connectivity index (χ1) is 12.1. The van der Waals surface area contributed by atoms with Crippen molar-refractivity contribution in [3.05, 3.63) is 56.3 Å². The molecule has 1 N–H and O–H groups in total. The van der Waals surface area contributed by atoms with Crippen LogP contribution in [-0.2, 0) is 0 Å². The maximum absolute atomic E-state index is 12.9. The first-order valence-corrected chi connectivity index (χ1v) is 10.4. The highest BCUT2D eigenvalue weighted by Gasteiger charge is 2.30. The average molecular weight is 377 g/mol. The van der Waals surface area contributed by atoms with Crippen LogP contribution in [0.3, 0.4) is 0 Å². The molecule has 0 saturated heterocycles. The Hall–Kier alpha value is -1.86. The van der Waals surface area contributed by atoms with Gasteiger partial charge in [-0.1, -0.05) is 18.9 Å². The first-order valence-electron chi connectivity index (χ1n) is 8.27. The van der Waals surface area contributed by atoms with Gasteiger partial charge in [-0.3, -0.25) is 14.9 Å². The Balaban J connectivity index is 1.90. The molecule has 3 rings (SSSR count). The van der Waals surface area contributed by atoms with E-state index in [-0.39, 0.29) is 23.2 Å². The summed E-state index contributed by atoms with van der Waals surface area (Å²) < 4.78 is 0. The lowest BCUT2D eigenvalue weighted by atomic mass is 9.96. The smallest absolute Gasteiger partial charge is 0.282 e. The van der Waals surface area contributed by atoms with E-state index in [1.807, 2.05) is 23.8 Å². The van der Waals surface area contributed by atoms with Crippen molar-refractivity contribution < 1.29 is 9.72 Å². The van der Waals surface area contributed by atoms with Crippen LogP contribution in [0.2, 0.25) is 0 Å². The van der Waals surface area contributed by atoms with E-state index in [0.717, 1.165) is 22.6 Å². The zero-order chi connectivity index (χ0) is 17.8. The summed E-state index contributed by atoms with van der Waals surface area (Å²) in [5, 5.41) is 16.4. The third kappa shape index (κ3) is 4.04. The van der Waals surface area contributed by atoms with Crippen LogP contribution < -0.4 is 5.32 Å². The Bertz CT molecular complexity index is 756. The second-order valence-electron chi connectivity index (χ2n) is 6.15. The molecule has 1 unspecified atom stereocenters. The molecule has 1 aromatic carbocycles. The second kappa shape index (κ2) is 8.01. The van der Waals surface area contributed by atoms with Crippen molar-refractivity contribution in [2.75, 3.05) is 6.26 Å². The van der Waals surface area contributed by atoms with E-state index in [1.54, 1.807) is 23.5 Å². The lowest BCUT2D eigenvalue weighted by Crippen LogP contribution is -2.32. The minimum atomic E-state index is -0.491. The minimum absolute atomic E-state index is 0.0764. The molecular formula is C18H20N2O3S2. The molecule has 132 valence electrons. The highest BCUT2D eigenvalue weighted by molar-refractivity contribution is 7.98. The Labute approximate surface area is 155 Å². The van der Waals surface area contributed by atoms with Crippen LogP contribution in [0.25, 0.3) is 0 Å². The third-order valence-corrected chi connectivity index (χ3v) is 6.33. The van der Waals surface area contributed by atoms with Gasteiger partial charge in [0.05, 0.1) is 11.0 Å². The quantitative estimate of drug-likeness (QED) is 0.435. The summed E-state index contributed by atoms with van der Waals surface area (Å²) in [6, 6.07) is 8.63. The molecule has 1 heterocycles. The van der Waals surface area contributed by atoms with E-state index in [1.165, 1.54) is 30.7 Å². The Morgan fingerprint density at radius 3 is 2.72 bits per heavy atom. The van der Waals surface area contributed by atoms with E-state index < -0.39 is 4.92 Å². The number of thioether (sulfide) groups is 1. The van der Waals surface area contributed by atoms with Gasteiger partial charge in [0.15, 0.2) is 0 Å². The molecular weight excluding hydrogens is 356 g/mol. The summed E-state index contributed by atoms with van der Waals surface area (Å²) in [6.45, 7) is 0. The number of hydrogen-bond donors (Lipinski definition) is 1. The van der Waals surface area contributed by atoms with Gasteiger partial charge < -0.3 is 5.32 Å². The molecule has 2 aromatic rings. The van der Waals surface area contributed by atoms with Crippen LogP contribution in [0.4, 0.5) is 5.69 Å². The highest BCUT2D eigenvalue weighted by atomic mass is 32.2. The molecule has 0 bridgehead atoms. The predicted molar refractivity (Wildman–Crippen MR) is 101 cm³/mol. The fourth-order valence-electron chi connectivity index (χ4n) is 3.38. The van der Waals surface area contributed by atoms with Crippen LogP contribution in [0.5, 0.6) is 0 Å². The van der Waals surface area contributed by atoms with Crippen LogP contribution >= 0.6 is 23.1 Å². The van der Waals surface area contributed by atoms with Crippen LogP contribution in [0.15, 0.2) is 40.6 Å². The lowest BCUT2D eigenvalue weighted by molar-refractivity contribution is -0.385. The van der Waals surface area contributed by atoms with E-state index >= 15 is 0 Å². The molecule has 1 aromatic heterocycles. The van der Waals surface area contributed by atoms with E-state index in [9.17, 15) is 14.9 Å². The van der Waals surface area contributed by atoms with Gasteiger partial charge in [0.1, 0.15) is 5.56 Å². The first kappa shape index (κ1) is 17.9. The monoisotopic (exact) mass is 376 g/mol. The third-order valence-electron chi connectivity index (χ3n) is 4.65. The SMILES string of the molecule is CSc1ccc([N+](=O)[O-])c(C(=O)NC(c2cccs2)C2CCCC2)c1. The number of hydrogen-bond acceptors (Lipinski definition) is 5. The number of carbonyl (C=O) groups excluding carboxylic acids is 1. The number of nitro benzene ring substituents is 1. The summed E-state index contributed by atoms with van der Waals surface area (Å²) in [5.74, 6) is 0.0262. The van der Waals surface area contributed by atoms with Gasteiger partial charge in [-0.15, -0.1) is 23.1 Å². The highest BCUT2D eigenvalue weighted by Crippen LogP contribution is 2.38. The lowest BCUT2D eigenvalue weighted by Gasteiger charge is -2.24. The van der Waals surface area contributed by atoms with Gasteiger partial charge >= 0.3 is 0 Å². The largest absolute Gasteiger partial charge is 0.344 e. The van der Waals surface area contributed by atoms with Gasteiger partial charge in [0.2, 0.25) is 0 Å². The van der Waals surface area contributed by atoms with E-state index in [4.69, 9.17) is 0 Å². The molecule has 1 aliphatic rings. The molecule has 1 saturated carbocycles. The van der Waals surface area contributed by atoms with Crippen molar-refractivity contribution in [1.29, 1.82) is 0 Å².